The van der Waals surface area contributed by atoms with Gasteiger partial charge in [-0.1, -0.05) is 18.0 Å². The molecule has 1 saturated carbocycles. The van der Waals surface area contributed by atoms with E-state index in [0.29, 0.717) is 17.3 Å². The van der Waals surface area contributed by atoms with Crippen molar-refractivity contribution in [3.05, 3.63) is 41.8 Å². The van der Waals surface area contributed by atoms with Gasteiger partial charge in [0.15, 0.2) is 5.82 Å². The first-order valence-electron chi connectivity index (χ1n) is 6.73. The van der Waals surface area contributed by atoms with Crippen molar-refractivity contribution >= 4 is 5.91 Å². The first-order chi connectivity index (χ1) is 9.70. The van der Waals surface area contributed by atoms with Crippen LogP contribution in [0.4, 0.5) is 0 Å². The molecule has 1 N–H and O–H groups in total. The number of nitrogens with zero attached hydrogens (tertiary/aromatic N) is 3. The van der Waals surface area contributed by atoms with E-state index in [9.17, 15) is 4.79 Å². The monoisotopic (exact) mass is 272 g/mol. The summed E-state index contributed by atoms with van der Waals surface area (Å²) < 4.78 is 5.07. The third kappa shape index (κ3) is 2.29. The molecule has 0 unspecified atom stereocenters. The van der Waals surface area contributed by atoms with E-state index >= 15 is 0 Å². The van der Waals surface area contributed by atoms with Crippen molar-refractivity contribution in [1.82, 2.24) is 20.4 Å². The molecule has 0 atom stereocenters. The van der Waals surface area contributed by atoms with Crippen LogP contribution in [-0.2, 0) is 5.54 Å². The van der Waals surface area contributed by atoms with Crippen molar-refractivity contribution < 1.29 is 9.32 Å². The molecular formula is C14H16N4O2. The van der Waals surface area contributed by atoms with Crippen LogP contribution in [0.25, 0.3) is 0 Å². The van der Waals surface area contributed by atoms with E-state index in [-0.39, 0.29) is 5.91 Å². The minimum absolute atomic E-state index is 0.128. The van der Waals surface area contributed by atoms with Crippen LogP contribution in [0.2, 0.25) is 0 Å². The van der Waals surface area contributed by atoms with Crippen LogP contribution in [-0.4, -0.2) is 21.0 Å². The van der Waals surface area contributed by atoms with Gasteiger partial charge in [-0.05, 0) is 25.0 Å². The van der Waals surface area contributed by atoms with Gasteiger partial charge in [-0.15, -0.1) is 0 Å². The van der Waals surface area contributed by atoms with Crippen molar-refractivity contribution in [1.29, 1.82) is 0 Å². The number of hydrogen-bond acceptors (Lipinski definition) is 5. The predicted molar refractivity (Wildman–Crippen MR) is 70.9 cm³/mol. The Bertz CT molecular complexity index is 603. The first-order valence-corrected chi connectivity index (χ1v) is 6.73. The number of nitrogens with one attached hydrogen (secondary N) is 1. The maximum Gasteiger partial charge on any atom is 0.252 e. The summed E-state index contributed by atoms with van der Waals surface area (Å²) >= 11 is 0. The summed E-state index contributed by atoms with van der Waals surface area (Å²) in [5.41, 5.74) is 0.0875. The number of rotatable bonds is 3. The zero-order valence-corrected chi connectivity index (χ0v) is 11.3. The van der Waals surface area contributed by atoms with Crippen LogP contribution in [0.15, 0.2) is 29.0 Å². The Labute approximate surface area is 116 Å². The molecule has 104 valence electrons. The zero-order chi connectivity index (χ0) is 14.0. The Morgan fingerprint density at radius 2 is 2.00 bits per heavy atom. The smallest absolute Gasteiger partial charge is 0.252 e. The zero-order valence-electron chi connectivity index (χ0n) is 11.3. The molecule has 3 rings (SSSR count). The van der Waals surface area contributed by atoms with Gasteiger partial charge >= 0.3 is 0 Å². The summed E-state index contributed by atoms with van der Waals surface area (Å²) in [5.74, 6) is 0.969. The Kier molecular flexibility index (Phi) is 3.22. The number of pyridine rings is 1. The molecule has 0 bridgehead atoms. The highest BCUT2D eigenvalue weighted by molar-refractivity contribution is 5.94. The number of aromatic nitrogens is 3. The van der Waals surface area contributed by atoms with Crippen LogP contribution in [0.3, 0.4) is 0 Å². The van der Waals surface area contributed by atoms with Gasteiger partial charge in [0.2, 0.25) is 5.89 Å². The Morgan fingerprint density at radius 1 is 1.30 bits per heavy atom. The van der Waals surface area contributed by atoms with Gasteiger partial charge in [-0.3, -0.25) is 9.78 Å². The molecule has 6 nitrogen and oxygen atoms in total. The summed E-state index contributed by atoms with van der Waals surface area (Å²) in [4.78, 5) is 20.6. The van der Waals surface area contributed by atoms with Crippen LogP contribution < -0.4 is 5.32 Å². The van der Waals surface area contributed by atoms with E-state index in [1.54, 1.807) is 31.5 Å². The highest BCUT2D eigenvalue weighted by Gasteiger charge is 2.41. The van der Waals surface area contributed by atoms with Crippen molar-refractivity contribution in [2.75, 3.05) is 0 Å². The Hall–Kier alpha value is -2.24. The molecule has 2 aromatic heterocycles. The summed E-state index contributed by atoms with van der Waals surface area (Å²) in [6.45, 7) is 1.75. The van der Waals surface area contributed by atoms with Crippen LogP contribution in [0.5, 0.6) is 0 Å². The van der Waals surface area contributed by atoms with Gasteiger partial charge in [-0.2, -0.15) is 4.98 Å². The van der Waals surface area contributed by atoms with E-state index in [1.807, 2.05) is 0 Å². The highest BCUT2D eigenvalue weighted by Crippen LogP contribution is 2.37. The number of carbonyl (C=O) groups excluding carboxylic acids is 1. The van der Waals surface area contributed by atoms with Gasteiger partial charge in [-0.25, -0.2) is 0 Å². The second kappa shape index (κ2) is 5.03. The fourth-order valence-electron chi connectivity index (χ4n) is 2.67. The molecule has 0 spiro atoms. The Morgan fingerprint density at radius 3 is 2.60 bits per heavy atom. The third-order valence-electron chi connectivity index (χ3n) is 3.71. The molecule has 0 aliphatic heterocycles. The molecule has 0 radical (unpaired) electrons. The molecule has 1 aliphatic carbocycles. The molecule has 1 aliphatic rings. The summed E-state index contributed by atoms with van der Waals surface area (Å²) in [6.07, 6.45) is 6.98. The average Bonchev–Trinajstić information content (AvgIpc) is 3.10. The first kappa shape index (κ1) is 12.8. The number of amides is 1. The normalized spacial score (nSPS) is 17.1. The quantitative estimate of drug-likeness (QED) is 0.923. The van der Waals surface area contributed by atoms with Crippen LogP contribution in [0, 0.1) is 6.92 Å². The summed E-state index contributed by atoms with van der Waals surface area (Å²) in [7, 11) is 0. The lowest BCUT2D eigenvalue weighted by Gasteiger charge is -2.26. The fourth-order valence-corrected chi connectivity index (χ4v) is 2.67. The van der Waals surface area contributed by atoms with Gasteiger partial charge in [0.05, 0.1) is 0 Å². The lowest BCUT2D eigenvalue weighted by molar-refractivity contribution is 0.0892. The average molecular weight is 272 g/mol. The van der Waals surface area contributed by atoms with E-state index < -0.39 is 5.54 Å². The second-order valence-corrected chi connectivity index (χ2v) is 5.12. The van der Waals surface area contributed by atoms with Gasteiger partial charge < -0.3 is 9.84 Å². The maximum absolute atomic E-state index is 12.4. The van der Waals surface area contributed by atoms with E-state index in [1.165, 1.54) is 0 Å². The van der Waals surface area contributed by atoms with Crippen molar-refractivity contribution in [3.8, 4) is 0 Å². The van der Waals surface area contributed by atoms with Crippen LogP contribution >= 0.6 is 0 Å². The fraction of sp³-hybridized carbons (Fsp3) is 0.429. The largest absolute Gasteiger partial charge is 0.340 e. The van der Waals surface area contributed by atoms with E-state index in [2.05, 4.69) is 20.4 Å². The number of carbonyl (C=O) groups is 1. The summed E-state index contributed by atoms with van der Waals surface area (Å²) in [6, 6.07) is 3.39. The minimum atomic E-state index is -0.502. The van der Waals surface area contributed by atoms with Crippen molar-refractivity contribution in [2.24, 2.45) is 0 Å². The number of hydrogen-bond donors (Lipinski definition) is 1. The van der Waals surface area contributed by atoms with Crippen molar-refractivity contribution in [2.45, 2.75) is 38.1 Å². The highest BCUT2D eigenvalue weighted by atomic mass is 16.5. The topological polar surface area (TPSA) is 80.9 Å². The third-order valence-corrected chi connectivity index (χ3v) is 3.71. The Balaban J connectivity index is 1.87. The molecule has 0 aromatic carbocycles. The van der Waals surface area contributed by atoms with Gasteiger partial charge in [0.25, 0.3) is 5.91 Å². The molecule has 2 aromatic rings. The molecular weight excluding hydrogens is 256 g/mol. The predicted octanol–water partition coefficient (Wildman–Crippen LogP) is 1.97. The molecule has 1 amide bonds. The lowest BCUT2D eigenvalue weighted by Crippen LogP contribution is -2.44. The van der Waals surface area contributed by atoms with Gasteiger partial charge in [0, 0.05) is 24.9 Å². The minimum Gasteiger partial charge on any atom is -0.340 e. The van der Waals surface area contributed by atoms with E-state index in [4.69, 9.17) is 4.52 Å². The van der Waals surface area contributed by atoms with Crippen molar-refractivity contribution in [3.63, 3.8) is 0 Å². The molecule has 0 saturated heterocycles. The standard InChI is InChI=1S/C14H16N4O2/c1-10-16-13(18-20-10)14(6-2-3-7-14)17-12(19)11-4-8-15-9-5-11/h4-5,8-9H,2-3,6-7H2,1H3,(H,17,19). The molecule has 2 heterocycles. The summed E-state index contributed by atoms with van der Waals surface area (Å²) in [5, 5.41) is 7.09. The van der Waals surface area contributed by atoms with E-state index in [0.717, 1.165) is 25.7 Å². The SMILES string of the molecule is Cc1nc(C2(NC(=O)c3ccncc3)CCCC2)no1. The molecule has 20 heavy (non-hydrogen) atoms. The second-order valence-electron chi connectivity index (χ2n) is 5.12. The maximum atomic E-state index is 12.4. The molecule has 6 heteroatoms. The van der Waals surface area contributed by atoms with Crippen LogP contribution in [0.1, 0.15) is 47.8 Å². The number of aryl methyl sites for hydroxylation is 1. The molecule has 1 fully saturated rings. The lowest BCUT2D eigenvalue weighted by atomic mass is 9.96. The van der Waals surface area contributed by atoms with Gasteiger partial charge in [0.1, 0.15) is 5.54 Å².